The van der Waals surface area contributed by atoms with E-state index < -0.39 is 0 Å². The fourth-order valence-corrected chi connectivity index (χ4v) is 3.16. The smallest absolute Gasteiger partial charge is 0.187 e. The summed E-state index contributed by atoms with van der Waals surface area (Å²) in [5.41, 5.74) is 2.83. The van der Waals surface area contributed by atoms with Crippen LogP contribution in [0.2, 0.25) is 0 Å². The molecule has 1 aromatic carbocycles. The standard InChI is InChI=1S/C16H16N4O2S/c1-20-13(5-6-17-20)12-10-23-16(19-12)18-11-3-4-14-15(9-11)22-8-2-7-21-14/h3-6,9-10H,2,7-8H2,1H3,(H,18,19). The first-order chi connectivity index (χ1) is 11.3. The lowest BCUT2D eigenvalue weighted by molar-refractivity contribution is 0.297. The van der Waals surface area contributed by atoms with Gasteiger partial charge in [0.2, 0.25) is 0 Å². The van der Waals surface area contributed by atoms with Crippen LogP contribution in [-0.4, -0.2) is 28.0 Å². The van der Waals surface area contributed by atoms with Gasteiger partial charge in [0.1, 0.15) is 5.69 Å². The van der Waals surface area contributed by atoms with Gasteiger partial charge in [0.25, 0.3) is 0 Å². The molecule has 2 aromatic heterocycles. The van der Waals surface area contributed by atoms with Crippen molar-refractivity contribution in [3.63, 3.8) is 0 Å². The number of thiazole rings is 1. The van der Waals surface area contributed by atoms with E-state index in [9.17, 15) is 0 Å². The van der Waals surface area contributed by atoms with E-state index in [-0.39, 0.29) is 0 Å². The summed E-state index contributed by atoms with van der Waals surface area (Å²) in [5, 5.41) is 10.3. The number of hydrogen-bond donors (Lipinski definition) is 1. The lowest BCUT2D eigenvalue weighted by Gasteiger charge is -2.09. The third-order valence-corrected chi connectivity index (χ3v) is 4.34. The lowest BCUT2D eigenvalue weighted by atomic mass is 10.3. The van der Waals surface area contributed by atoms with Crippen molar-refractivity contribution >= 4 is 22.2 Å². The number of aryl methyl sites for hydroxylation is 1. The van der Waals surface area contributed by atoms with Gasteiger partial charge in [-0.25, -0.2) is 4.98 Å². The van der Waals surface area contributed by atoms with Gasteiger partial charge in [0.05, 0.1) is 18.9 Å². The first-order valence-electron chi connectivity index (χ1n) is 7.40. The fraction of sp³-hybridized carbons (Fsp3) is 0.250. The van der Waals surface area contributed by atoms with Crippen molar-refractivity contribution in [3.8, 4) is 22.9 Å². The molecule has 4 rings (SSSR count). The fourth-order valence-electron chi connectivity index (χ4n) is 2.44. The van der Waals surface area contributed by atoms with Gasteiger partial charge in [-0.05, 0) is 18.2 Å². The Kier molecular flexibility index (Phi) is 3.63. The van der Waals surface area contributed by atoms with Gasteiger partial charge in [-0.2, -0.15) is 5.10 Å². The highest BCUT2D eigenvalue weighted by atomic mass is 32.1. The molecule has 0 saturated heterocycles. The van der Waals surface area contributed by atoms with E-state index in [1.807, 2.05) is 41.4 Å². The normalized spacial score (nSPS) is 13.6. The lowest BCUT2D eigenvalue weighted by Crippen LogP contribution is -1.97. The largest absolute Gasteiger partial charge is 0.490 e. The summed E-state index contributed by atoms with van der Waals surface area (Å²) >= 11 is 1.56. The number of nitrogens with zero attached hydrogens (tertiary/aromatic N) is 3. The van der Waals surface area contributed by atoms with Crippen molar-refractivity contribution in [2.45, 2.75) is 6.42 Å². The van der Waals surface area contributed by atoms with Crippen LogP contribution in [0.25, 0.3) is 11.4 Å². The molecule has 0 unspecified atom stereocenters. The van der Waals surface area contributed by atoms with E-state index in [1.165, 1.54) is 0 Å². The second-order valence-electron chi connectivity index (χ2n) is 5.21. The zero-order valence-electron chi connectivity index (χ0n) is 12.7. The van der Waals surface area contributed by atoms with Gasteiger partial charge in [0.15, 0.2) is 16.6 Å². The van der Waals surface area contributed by atoms with E-state index >= 15 is 0 Å². The summed E-state index contributed by atoms with van der Waals surface area (Å²) < 4.78 is 13.2. The Balaban J connectivity index is 1.56. The molecule has 1 aliphatic heterocycles. The Bertz CT molecular complexity index is 827. The van der Waals surface area contributed by atoms with E-state index in [1.54, 1.807) is 17.5 Å². The molecule has 1 aliphatic rings. The summed E-state index contributed by atoms with van der Waals surface area (Å²) in [4.78, 5) is 4.61. The van der Waals surface area contributed by atoms with Crippen LogP contribution in [-0.2, 0) is 7.05 Å². The van der Waals surface area contributed by atoms with Crippen LogP contribution in [0, 0.1) is 0 Å². The van der Waals surface area contributed by atoms with Crippen LogP contribution in [0.15, 0.2) is 35.8 Å². The second kappa shape index (κ2) is 5.92. The predicted octanol–water partition coefficient (Wildman–Crippen LogP) is 3.45. The van der Waals surface area contributed by atoms with Gasteiger partial charge < -0.3 is 14.8 Å². The number of fused-ring (bicyclic) bond motifs is 1. The first kappa shape index (κ1) is 14.1. The average molecular weight is 328 g/mol. The number of aromatic nitrogens is 3. The van der Waals surface area contributed by atoms with Gasteiger partial charge in [0, 0.05) is 36.8 Å². The van der Waals surface area contributed by atoms with E-state index in [0.717, 1.165) is 40.1 Å². The Hall–Kier alpha value is -2.54. The van der Waals surface area contributed by atoms with Crippen LogP contribution in [0.4, 0.5) is 10.8 Å². The SMILES string of the molecule is Cn1nccc1-c1csc(Nc2ccc3c(c2)OCCCO3)n1. The van der Waals surface area contributed by atoms with E-state index in [2.05, 4.69) is 15.4 Å². The predicted molar refractivity (Wildman–Crippen MR) is 89.6 cm³/mol. The summed E-state index contributed by atoms with van der Waals surface area (Å²) in [7, 11) is 1.91. The third-order valence-electron chi connectivity index (χ3n) is 3.59. The molecule has 7 heteroatoms. The molecular formula is C16H16N4O2S. The van der Waals surface area contributed by atoms with E-state index in [4.69, 9.17) is 9.47 Å². The molecule has 118 valence electrons. The quantitative estimate of drug-likeness (QED) is 0.798. The number of ether oxygens (including phenoxy) is 2. The molecule has 3 aromatic rings. The molecule has 0 saturated carbocycles. The van der Waals surface area contributed by atoms with Crippen LogP contribution in [0.3, 0.4) is 0 Å². The van der Waals surface area contributed by atoms with Crippen LogP contribution in [0.5, 0.6) is 11.5 Å². The Labute approximate surface area is 137 Å². The molecular weight excluding hydrogens is 312 g/mol. The molecule has 6 nitrogen and oxygen atoms in total. The highest BCUT2D eigenvalue weighted by Gasteiger charge is 2.12. The Morgan fingerprint density at radius 3 is 2.87 bits per heavy atom. The second-order valence-corrected chi connectivity index (χ2v) is 6.07. The van der Waals surface area contributed by atoms with Crippen molar-refractivity contribution < 1.29 is 9.47 Å². The first-order valence-corrected chi connectivity index (χ1v) is 8.28. The molecule has 0 amide bonds. The minimum atomic E-state index is 0.679. The van der Waals surface area contributed by atoms with Crippen molar-refractivity contribution in [3.05, 3.63) is 35.8 Å². The molecule has 0 aliphatic carbocycles. The highest BCUT2D eigenvalue weighted by Crippen LogP contribution is 2.34. The average Bonchev–Trinajstić information content (AvgIpc) is 3.10. The highest BCUT2D eigenvalue weighted by molar-refractivity contribution is 7.14. The summed E-state index contributed by atoms with van der Waals surface area (Å²) in [5.74, 6) is 1.57. The molecule has 1 N–H and O–H groups in total. The number of benzene rings is 1. The van der Waals surface area contributed by atoms with Gasteiger partial charge >= 0.3 is 0 Å². The maximum Gasteiger partial charge on any atom is 0.187 e. The number of anilines is 2. The molecule has 0 atom stereocenters. The molecule has 0 bridgehead atoms. The summed E-state index contributed by atoms with van der Waals surface area (Å²) in [6.07, 6.45) is 2.67. The maximum absolute atomic E-state index is 5.71. The zero-order valence-corrected chi connectivity index (χ0v) is 13.5. The molecule has 0 fully saturated rings. The Morgan fingerprint density at radius 1 is 1.17 bits per heavy atom. The minimum Gasteiger partial charge on any atom is -0.490 e. The third kappa shape index (κ3) is 2.87. The van der Waals surface area contributed by atoms with Crippen LogP contribution < -0.4 is 14.8 Å². The van der Waals surface area contributed by atoms with Crippen LogP contribution >= 0.6 is 11.3 Å². The van der Waals surface area contributed by atoms with Crippen molar-refractivity contribution in [2.75, 3.05) is 18.5 Å². The summed E-state index contributed by atoms with van der Waals surface area (Å²) in [6.45, 7) is 1.37. The maximum atomic E-state index is 5.71. The molecule has 23 heavy (non-hydrogen) atoms. The molecule has 3 heterocycles. The Morgan fingerprint density at radius 2 is 2.04 bits per heavy atom. The minimum absolute atomic E-state index is 0.679. The monoisotopic (exact) mass is 328 g/mol. The summed E-state index contributed by atoms with van der Waals surface area (Å²) in [6, 6.07) is 7.80. The van der Waals surface area contributed by atoms with Gasteiger partial charge in [-0.1, -0.05) is 0 Å². The molecule has 0 spiro atoms. The molecule has 0 radical (unpaired) electrons. The topological polar surface area (TPSA) is 61.2 Å². The van der Waals surface area contributed by atoms with Crippen LogP contribution in [0.1, 0.15) is 6.42 Å². The number of hydrogen-bond acceptors (Lipinski definition) is 6. The van der Waals surface area contributed by atoms with Crippen molar-refractivity contribution in [2.24, 2.45) is 7.05 Å². The van der Waals surface area contributed by atoms with E-state index in [0.29, 0.717) is 13.2 Å². The number of nitrogens with one attached hydrogen (secondary N) is 1. The van der Waals surface area contributed by atoms with Gasteiger partial charge in [-0.3, -0.25) is 4.68 Å². The van der Waals surface area contributed by atoms with Gasteiger partial charge in [-0.15, -0.1) is 11.3 Å². The number of rotatable bonds is 3. The zero-order chi connectivity index (χ0) is 15.6. The van der Waals surface area contributed by atoms with Crippen molar-refractivity contribution in [1.29, 1.82) is 0 Å². The van der Waals surface area contributed by atoms with Crippen molar-refractivity contribution in [1.82, 2.24) is 14.8 Å².